The van der Waals surface area contributed by atoms with E-state index in [0.717, 1.165) is 5.56 Å². The Labute approximate surface area is 141 Å². The number of nitrogens with zero attached hydrogens (tertiary/aromatic N) is 1. The Morgan fingerprint density at radius 2 is 2.17 bits per heavy atom. The van der Waals surface area contributed by atoms with E-state index in [2.05, 4.69) is 9.97 Å². The zero-order valence-corrected chi connectivity index (χ0v) is 14.4. The van der Waals surface area contributed by atoms with E-state index in [0.29, 0.717) is 40.2 Å². The van der Waals surface area contributed by atoms with Gasteiger partial charge in [0.1, 0.15) is 10.7 Å². The van der Waals surface area contributed by atoms with Crippen LogP contribution in [0.5, 0.6) is 0 Å². The molecule has 0 radical (unpaired) electrons. The normalized spacial score (nSPS) is 25.0. The number of aromatic nitrogens is 2. The fourth-order valence-electron chi connectivity index (χ4n) is 3.65. The first-order valence-corrected chi connectivity index (χ1v) is 10.5. The predicted octanol–water partition coefficient (Wildman–Crippen LogP) is 2.43. The summed E-state index contributed by atoms with van der Waals surface area (Å²) in [5.41, 5.74) is 0.481. The van der Waals surface area contributed by atoms with Gasteiger partial charge in [0.25, 0.3) is 5.56 Å². The van der Waals surface area contributed by atoms with Crippen molar-refractivity contribution < 1.29 is 17.2 Å². The first-order valence-electron chi connectivity index (χ1n) is 7.84. The van der Waals surface area contributed by atoms with Gasteiger partial charge >= 0.3 is 0 Å². The van der Waals surface area contributed by atoms with Crippen LogP contribution in [0.1, 0.15) is 35.5 Å². The molecule has 1 fully saturated rings. The summed E-state index contributed by atoms with van der Waals surface area (Å²) in [6.45, 7) is 0. The third-order valence-corrected chi connectivity index (χ3v) is 7.66. The van der Waals surface area contributed by atoms with Gasteiger partial charge < -0.3 is 4.98 Å². The molecule has 1 saturated carbocycles. The number of aryl methyl sites for hydroxylation is 1. The van der Waals surface area contributed by atoms with E-state index in [9.17, 15) is 22.0 Å². The molecule has 1 atom stereocenters. The van der Waals surface area contributed by atoms with Crippen molar-refractivity contribution in [2.24, 2.45) is 5.92 Å². The minimum absolute atomic E-state index is 0.0458. The molecule has 1 N–H and O–H groups in total. The number of hydrogen-bond acceptors (Lipinski definition) is 5. The monoisotopic (exact) mass is 374 g/mol. The van der Waals surface area contributed by atoms with Crippen molar-refractivity contribution in [3.63, 3.8) is 0 Å². The first kappa shape index (κ1) is 16.1. The summed E-state index contributed by atoms with van der Waals surface area (Å²) in [6.07, 6.45) is 0.787. The second-order valence-electron chi connectivity index (χ2n) is 6.71. The molecule has 1 unspecified atom stereocenters. The highest BCUT2D eigenvalue weighted by Crippen LogP contribution is 2.40. The van der Waals surface area contributed by atoms with Gasteiger partial charge in [0, 0.05) is 24.1 Å². The van der Waals surface area contributed by atoms with Gasteiger partial charge in [-0.3, -0.25) is 4.79 Å². The van der Waals surface area contributed by atoms with Crippen molar-refractivity contribution in [2.75, 3.05) is 5.75 Å². The molecule has 0 amide bonds. The molecule has 1 aliphatic heterocycles. The molecule has 2 aromatic rings. The molecule has 0 aromatic carbocycles. The number of thiophene rings is 1. The fourth-order valence-corrected chi connectivity index (χ4v) is 6.69. The largest absolute Gasteiger partial charge is 0.310 e. The number of fused-ring (bicyclic) bond motifs is 3. The SMILES string of the molecule is O=c1[nH]c(CC2CCC(F)(F)C2)nc2sc3c(c12)CCS(=O)(=O)C3. The predicted molar refractivity (Wildman–Crippen MR) is 87.4 cm³/mol. The Balaban J connectivity index is 1.70. The van der Waals surface area contributed by atoms with E-state index in [1.165, 1.54) is 11.3 Å². The molecular formula is C15H16F2N2O3S2. The topological polar surface area (TPSA) is 79.9 Å². The third kappa shape index (κ3) is 2.88. The Kier molecular flexibility index (Phi) is 3.58. The number of rotatable bonds is 2. The highest BCUT2D eigenvalue weighted by atomic mass is 32.2. The summed E-state index contributed by atoms with van der Waals surface area (Å²) in [5, 5.41) is 0.463. The number of aromatic amines is 1. The number of hydrogen-bond donors (Lipinski definition) is 1. The van der Waals surface area contributed by atoms with Crippen LogP contribution >= 0.6 is 11.3 Å². The van der Waals surface area contributed by atoms with E-state index in [-0.39, 0.29) is 35.8 Å². The van der Waals surface area contributed by atoms with Crippen molar-refractivity contribution in [2.45, 2.75) is 43.8 Å². The van der Waals surface area contributed by atoms with Gasteiger partial charge in [0.15, 0.2) is 9.84 Å². The van der Waals surface area contributed by atoms with E-state index in [1.54, 1.807) is 0 Å². The number of sulfone groups is 1. The van der Waals surface area contributed by atoms with Gasteiger partial charge in [-0.1, -0.05) is 0 Å². The van der Waals surface area contributed by atoms with E-state index >= 15 is 0 Å². The lowest BCUT2D eigenvalue weighted by Gasteiger charge is -2.11. The lowest BCUT2D eigenvalue weighted by Crippen LogP contribution is -2.19. The van der Waals surface area contributed by atoms with Crippen LogP contribution in [0.15, 0.2) is 4.79 Å². The second-order valence-corrected chi connectivity index (χ2v) is 9.98. The smallest absolute Gasteiger partial charge is 0.259 e. The maximum atomic E-state index is 13.3. The van der Waals surface area contributed by atoms with E-state index in [4.69, 9.17) is 0 Å². The molecule has 0 spiro atoms. The zero-order valence-electron chi connectivity index (χ0n) is 12.8. The molecule has 4 rings (SSSR count). The van der Waals surface area contributed by atoms with Crippen LogP contribution in [0.3, 0.4) is 0 Å². The molecule has 3 heterocycles. The number of nitrogens with one attached hydrogen (secondary N) is 1. The van der Waals surface area contributed by atoms with Gasteiger partial charge in [-0.15, -0.1) is 11.3 Å². The maximum Gasteiger partial charge on any atom is 0.259 e. The molecule has 9 heteroatoms. The van der Waals surface area contributed by atoms with Crippen LogP contribution in [0.25, 0.3) is 10.2 Å². The average Bonchev–Trinajstić information content (AvgIpc) is 2.96. The van der Waals surface area contributed by atoms with Crippen molar-refractivity contribution in [1.82, 2.24) is 9.97 Å². The van der Waals surface area contributed by atoms with Crippen molar-refractivity contribution in [3.8, 4) is 0 Å². The Morgan fingerprint density at radius 3 is 2.88 bits per heavy atom. The summed E-state index contributed by atoms with van der Waals surface area (Å²) in [5.74, 6) is -2.39. The molecule has 0 bridgehead atoms. The number of alkyl halides is 2. The Morgan fingerprint density at radius 1 is 1.38 bits per heavy atom. The molecule has 5 nitrogen and oxygen atoms in total. The molecule has 0 saturated heterocycles. The van der Waals surface area contributed by atoms with E-state index in [1.807, 2.05) is 0 Å². The summed E-state index contributed by atoms with van der Waals surface area (Å²) >= 11 is 1.23. The van der Waals surface area contributed by atoms with Crippen LogP contribution in [0.2, 0.25) is 0 Å². The summed E-state index contributed by atoms with van der Waals surface area (Å²) < 4.78 is 50.1. The van der Waals surface area contributed by atoms with Crippen molar-refractivity contribution in [3.05, 3.63) is 26.6 Å². The standard InChI is InChI=1S/C15H16F2N2O3S2/c16-15(17)3-1-8(6-15)5-11-18-13(20)12-9-2-4-24(21,22)7-10(9)23-14(12)19-11/h8H,1-7H2,(H,18,19,20). The summed E-state index contributed by atoms with van der Waals surface area (Å²) in [4.78, 5) is 20.7. The molecule has 24 heavy (non-hydrogen) atoms. The summed E-state index contributed by atoms with van der Waals surface area (Å²) in [7, 11) is -3.11. The molecule has 2 aliphatic rings. The number of halogens is 2. The molecule has 1 aliphatic carbocycles. The van der Waals surface area contributed by atoms with Gasteiger partial charge in [-0.2, -0.15) is 0 Å². The highest BCUT2D eigenvalue weighted by Gasteiger charge is 2.39. The molecule has 2 aromatic heterocycles. The Bertz CT molecular complexity index is 979. The van der Waals surface area contributed by atoms with Gasteiger partial charge in [-0.05, 0) is 24.3 Å². The quantitative estimate of drug-likeness (QED) is 0.876. The van der Waals surface area contributed by atoms with Crippen molar-refractivity contribution >= 4 is 31.4 Å². The van der Waals surface area contributed by atoms with Crippen LogP contribution in [-0.4, -0.2) is 30.1 Å². The number of H-pyrrole nitrogens is 1. The van der Waals surface area contributed by atoms with Crippen LogP contribution in [-0.2, 0) is 28.4 Å². The molecule has 130 valence electrons. The Hall–Kier alpha value is -1.35. The third-order valence-electron chi connectivity index (χ3n) is 4.80. The zero-order chi connectivity index (χ0) is 17.1. The van der Waals surface area contributed by atoms with Gasteiger partial charge in [0.05, 0.1) is 16.9 Å². The minimum Gasteiger partial charge on any atom is -0.310 e. The first-order chi connectivity index (χ1) is 11.2. The van der Waals surface area contributed by atoms with Gasteiger partial charge in [-0.25, -0.2) is 22.2 Å². The second kappa shape index (κ2) is 5.32. The average molecular weight is 374 g/mol. The fraction of sp³-hybridized carbons (Fsp3) is 0.600. The summed E-state index contributed by atoms with van der Waals surface area (Å²) in [6, 6.07) is 0. The van der Waals surface area contributed by atoms with Crippen LogP contribution in [0, 0.1) is 5.92 Å². The van der Waals surface area contributed by atoms with Crippen LogP contribution < -0.4 is 5.56 Å². The van der Waals surface area contributed by atoms with E-state index < -0.39 is 15.8 Å². The molecular weight excluding hydrogens is 358 g/mol. The highest BCUT2D eigenvalue weighted by molar-refractivity contribution is 7.90. The van der Waals surface area contributed by atoms with Gasteiger partial charge in [0.2, 0.25) is 5.92 Å². The van der Waals surface area contributed by atoms with Crippen LogP contribution in [0.4, 0.5) is 8.78 Å². The minimum atomic E-state index is -3.11. The maximum absolute atomic E-state index is 13.3. The lowest BCUT2D eigenvalue weighted by atomic mass is 10.0. The lowest BCUT2D eigenvalue weighted by molar-refractivity contribution is 0.00502. The van der Waals surface area contributed by atoms with Crippen molar-refractivity contribution in [1.29, 1.82) is 0 Å².